The van der Waals surface area contributed by atoms with Crippen molar-refractivity contribution in [2.45, 2.75) is 6.54 Å². The van der Waals surface area contributed by atoms with Crippen molar-refractivity contribution in [2.75, 3.05) is 0 Å². The van der Waals surface area contributed by atoms with E-state index in [2.05, 4.69) is 0 Å². The standard InChI is InChI=1S/C21H14Cl2N2O/c22-16-11-17-19(18(23)12-16)24-20(15-9-5-2-6-10-15)25(21(17)26)13-14-7-3-1-4-8-14/h1-12H,13H2. The second kappa shape index (κ2) is 6.94. The van der Waals surface area contributed by atoms with E-state index in [1.165, 1.54) is 0 Å². The van der Waals surface area contributed by atoms with Crippen molar-refractivity contribution in [3.63, 3.8) is 0 Å². The number of hydrogen-bond acceptors (Lipinski definition) is 2. The summed E-state index contributed by atoms with van der Waals surface area (Å²) in [5, 5.41) is 1.20. The Hall–Kier alpha value is -2.62. The van der Waals surface area contributed by atoms with E-state index in [1.54, 1.807) is 16.7 Å². The van der Waals surface area contributed by atoms with Crippen LogP contribution in [0.4, 0.5) is 0 Å². The maximum atomic E-state index is 13.2. The third-order valence-corrected chi connectivity index (χ3v) is 4.70. The van der Waals surface area contributed by atoms with Gasteiger partial charge >= 0.3 is 0 Å². The lowest BCUT2D eigenvalue weighted by atomic mass is 10.1. The summed E-state index contributed by atoms with van der Waals surface area (Å²) in [6.07, 6.45) is 0. The van der Waals surface area contributed by atoms with Crippen LogP contribution in [-0.4, -0.2) is 9.55 Å². The molecule has 26 heavy (non-hydrogen) atoms. The van der Waals surface area contributed by atoms with E-state index in [4.69, 9.17) is 28.2 Å². The van der Waals surface area contributed by atoms with Gasteiger partial charge in [-0.3, -0.25) is 9.36 Å². The maximum Gasteiger partial charge on any atom is 0.262 e. The Balaban J connectivity index is 2.03. The summed E-state index contributed by atoms with van der Waals surface area (Å²) in [5.41, 5.74) is 2.17. The molecule has 4 aromatic rings. The first-order chi connectivity index (χ1) is 12.6. The average molecular weight is 381 g/mol. The molecule has 1 heterocycles. The molecule has 0 spiro atoms. The molecule has 0 aliphatic carbocycles. The minimum Gasteiger partial charge on any atom is -0.288 e. The third-order valence-electron chi connectivity index (χ3n) is 4.19. The average Bonchev–Trinajstić information content (AvgIpc) is 2.66. The fourth-order valence-corrected chi connectivity index (χ4v) is 3.51. The second-order valence-corrected chi connectivity index (χ2v) is 6.81. The Labute approximate surface area is 160 Å². The molecule has 3 aromatic carbocycles. The zero-order valence-electron chi connectivity index (χ0n) is 13.7. The minimum atomic E-state index is -0.165. The molecule has 3 nitrogen and oxygen atoms in total. The van der Waals surface area contributed by atoms with Gasteiger partial charge in [0.15, 0.2) is 0 Å². The van der Waals surface area contributed by atoms with Gasteiger partial charge in [-0.1, -0.05) is 83.9 Å². The summed E-state index contributed by atoms with van der Waals surface area (Å²) in [6, 6.07) is 22.7. The number of nitrogens with zero attached hydrogens (tertiary/aromatic N) is 2. The molecule has 0 fully saturated rings. The van der Waals surface area contributed by atoms with E-state index < -0.39 is 0 Å². The van der Waals surface area contributed by atoms with Crippen LogP contribution in [0.15, 0.2) is 77.6 Å². The van der Waals surface area contributed by atoms with Gasteiger partial charge in [0, 0.05) is 10.6 Å². The molecular weight excluding hydrogens is 367 g/mol. The molecule has 4 rings (SSSR count). The van der Waals surface area contributed by atoms with E-state index in [0.29, 0.717) is 33.3 Å². The van der Waals surface area contributed by atoms with Crippen molar-refractivity contribution in [3.05, 3.63) is 98.8 Å². The normalized spacial score (nSPS) is 11.0. The molecular formula is C21H14Cl2N2O. The van der Waals surface area contributed by atoms with Crippen molar-refractivity contribution >= 4 is 34.1 Å². The van der Waals surface area contributed by atoms with Gasteiger partial charge < -0.3 is 0 Å². The second-order valence-electron chi connectivity index (χ2n) is 5.96. The molecule has 0 amide bonds. The summed E-state index contributed by atoms with van der Waals surface area (Å²) in [7, 11) is 0. The third kappa shape index (κ3) is 3.12. The van der Waals surface area contributed by atoms with Crippen molar-refractivity contribution in [1.29, 1.82) is 0 Å². The maximum absolute atomic E-state index is 13.2. The van der Waals surface area contributed by atoms with Gasteiger partial charge in [0.05, 0.1) is 22.5 Å². The largest absolute Gasteiger partial charge is 0.288 e. The van der Waals surface area contributed by atoms with E-state index >= 15 is 0 Å². The van der Waals surface area contributed by atoms with Crippen LogP contribution in [0.5, 0.6) is 0 Å². The SMILES string of the molecule is O=c1c2cc(Cl)cc(Cl)c2nc(-c2ccccc2)n1Cc1ccccc1. The molecule has 0 radical (unpaired) electrons. The molecule has 128 valence electrons. The van der Waals surface area contributed by atoms with Crippen molar-refractivity contribution in [1.82, 2.24) is 9.55 Å². The molecule has 0 aliphatic heterocycles. The minimum absolute atomic E-state index is 0.165. The molecule has 0 bridgehead atoms. The first kappa shape index (κ1) is 16.8. The molecule has 0 saturated heterocycles. The summed E-state index contributed by atoms with van der Waals surface area (Å²) < 4.78 is 1.67. The van der Waals surface area contributed by atoms with Crippen LogP contribution in [0.3, 0.4) is 0 Å². The molecule has 0 saturated carbocycles. The van der Waals surface area contributed by atoms with Gasteiger partial charge in [0.1, 0.15) is 5.82 Å². The fraction of sp³-hybridized carbons (Fsp3) is 0.0476. The van der Waals surface area contributed by atoms with Gasteiger partial charge in [0.2, 0.25) is 0 Å². The Morgan fingerprint density at radius 3 is 2.23 bits per heavy atom. The summed E-state index contributed by atoms with van der Waals surface area (Å²) >= 11 is 12.4. The van der Waals surface area contributed by atoms with Crippen LogP contribution in [0.25, 0.3) is 22.3 Å². The molecule has 0 aliphatic rings. The highest BCUT2D eigenvalue weighted by Gasteiger charge is 2.15. The predicted octanol–water partition coefficient (Wildman–Crippen LogP) is 5.42. The lowest BCUT2D eigenvalue weighted by Gasteiger charge is -2.14. The fourth-order valence-electron chi connectivity index (χ4n) is 2.97. The van der Waals surface area contributed by atoms with Gasteiger partial charge in [-0.25, -0.2) is 4.98 Å². The number of rotatable bonds is 3. The van der Waals surface area contributed by atoms with Gasteiger partial charge in [-0.05, 0) is 17.7 Å². The van der Waals surface area contributed by atoms with Crippen LogP contribution >= 0.6 is 23.2 Å². The molecule has 0 N–H and O–H groups in total. The molecule has 5 heteroatoms. The van der Waals surface area contributed by atoms with Crippen LogP contribution in [-0.2, 0) is 6.54 Å². The lowest BCUT2D eigenvalue weighted by molar-refractivity contribution is 0.759. The van der Waals surface area contributed by atoms with Crippen LogP contribution in [0, 0.1) is 0 Å². The number of halogens is 2. The Kier molecular flexibility index (Phi) is 4.49. The first-order valence-corrected chi connectivity index (χ1v) is 8.88. The van der Waals surface area contributed by atoms with E-state index in [-0.39, 0.29) is 5.56 Å². The first-order valence-electron chi connectivity index (χ1n) is 8.12. The molecule has 0 atom stereocenters. The van der Waals surface area contributed by atoms with Crippen LogP contribution in [0.1, 0.15) is 5.56 Å². The van der Waals surface area contributed by atoms with Crippen molar-refractivity contribution in [2.24, 2.45) is 0 Å². The predicted molar refractivity (Wildman–Crippen MR) is 107 cm³/mol. The van der Waals surface area contributed by atoms with Crippen LogP contribution in [0.2, 0.25) is 10.0 Å². The van der Waals surface area contributed by atoms with Gasteiger partial charge in [-0.2, -0.15) is 0 Å². The van der Waals surface area contributed by atoms with Crippen molar-refractivity contribution in [3.8, 4) is 11.4 Å². The number of aromatic nitrogens is 2. The number of fused-ring (bicyclic) bond motifs is 1. The summed E-state index contributed by atoms with van der Waals surface area (Å²) in [6.45, 7) is 0.414. The highest BCUT2D eigenvalue weighted by molar-refractivity contribution is 6.38. The Morgan fingerprint density at radius 2 is 1.54 bits per heavy atom. The smallest absolute Gasteiger partial charge is 0.262 e. The van der Waals surface area contributed by atoms with Gasteiger partial charge in [0.25, 0.3) is 5.56 Å². The van der Waals surface area contributed by atoms with E-state index in [0.717, 1.165) is 11.1 Å². The monoisotopic (exact) mass is 380 g/mol. The zero-order valence-corrected chi connectivity index (χ0v) is 15.2. The highest BCUT2D eigenvalue weighted by Crippen LogP contribution is 2.27. The van der Waals surface area contributed by atoms with Crippen LogP contribution < -0.4 is 5.56 Å². The highest BCUT2D eigenvalue weighted by atomic mass is 35.5. The zero-order chi connectivity index (χ0) is 18.1. The Morgan fingerprint density at radius 1 is 0.885 bits per heavy atom. The molecule has 0 unspecified atom stereocenters. The van der Waals surface area contributed by atoms with Gasteiger partial charge in [-0.15, -0.1) is 0 Å². The number of benzene rings is 3. The van der Waals surface area contributed by atoms with E-state index in [1.807, 2.05) is 60.7 Å². The van der Waals surface area contributed by atoms with E-state index in [9.17, 15) is 4.79 Å². The quantitative estimate of drug-likeness (QED) is 0.475. The lowest BCUT2D eigenvalue weighted by Crippen LogP contribution is -2.24. The van der Waals surface area contributed by atoms with Crippen molar-refractivity contribution < 1.29 is 0 Å². The molecule has 1 aromatic heterocycles. The summed E-state index contributed by atoms with van der Waals surface area (Å²) in [5.74, 6) is 0.580. The Bertz CT molecular complexity index is 1140. The summed E-state index contributed by atoms with van der Waals surface area (Å²) in [4.78, 5) is 18.0. The topological polar surface area (TPSA) is 34.9 Å². The number of hydrogen-bond donors (Lipinski definition) is 0.